The highest BCUT2D eigenvalue weighted by atomic mass is 35.5. The molecule has 2 aromatic heterocycles. The lowest BCUT2D eigenvalue weighted by atomic mass is 10.0. The van der Waals surface area contributed by atoms with Gasteiger partial charge in [0.15, 0.2) is 10.8 Å². The highest BCUT2D eigenvalue weighted by molar-refractivity contribution is 7.99. The molecule has 2 unspecified atom stereocenters. The number of rotatable bonds is 3. The van der Waals surface area contributed by atoms with Crippen molar-refractivity contribution in [3.8, 4) is 5.69 Å². The van der Waals surface area contributed by atoms with Crippen LogP contribution in [-0.2, 0) is 4.79 Å². The van der Waals surface area contributed by atoms with E-state index in [1.54, 1.807) is 27.6 Å². The molecule has 1 saturated heterocycles. The van der Waals surface area contributed by atoms with Crippen molar-refractivity contribution in [1.82, 2.24) is 24.2 Å². The van der Waals surface area contributed by atoms with Crippen LogP contribution in [-0.4, -0.2) is 48.5 Å². The molecule has 0 radical (unpaired) electrons. The molecule has 7 nitrogen and oxygen atoms in total. The number of hydrogen-bond donors (Lipinski definition) is 0. The highest BCUT2D eigenvalue weighted by Crippen LogP contribution is 2.34. The monoisotopic (exact) mass is 443 g/mol. The molecule has 3 aromatic rings. The zero-order valence-electron chi connectivity index (χ0n) is 16.6. The molecule has 156 valence electrons. The van der Waals surface area contributed by atoms with E-state index in [2.05, 4.69) is 12.0 Å². The molecule has 4 heterocycles. The number of benzene rings is 1. The van der Waals surface area contributed by atoms with Crippen LogP contribution in [0.1, 0.15) is 38.6 Å². The first-order chi connectivity index (χ1) is 14.5. The molecule has 2 aliphatic heterocycles. The van der Waals surface area contributed by atoms with Gasteiger partial charge in [-0.2, -0.15) is 5.10 Å². The number of fused-ring (bicyclic) bond motifs is 2. The first-order valence-electron chi connectivity index (χ1n) is 10.2. The van der Waals surface area contributed by atoms with Crippen LogP contribution in [0.3, 0.4) is 0 Å². The van der Waals surface area contributed by atoms with Crippen molar-refractivity contribution in [2.75, 3.05) is 12.3 Å². The zero-order chi connectivity index (χ0) is 20.8. The van der Waals surface area contributed by atoms with Gasteiger partial charge in [0.1, 0.15) is 5.39 Å². The molecule has 0 N–H and O–H groups in total. The van der Waals surface area contributed by atoms with Crippen LogP contribution in [0.5, 0.6) is 0 Å². The van der Waals surface area contributed by atoms with Crippen molar-refractivity contribution in [2.24, 2.45) is 0 Å². The van der Waals surface area contributed by atoms with Gasteiger partial charge in [0.05, 0.1) is 17.9 Å². The lowest BCUT2D eigenvalue weighted by molar-refractivity contribution is -0.135. The van der Waals surface area contributed by atoms with E-state index in [-0.39, 0.29) is 23.6 Å². The number of nitrogens with zero attached hydrogens (tertiary/aromatic N) is 5. The molecule has 9 heteroatoms. The summed E-state index contributed by atoms with van der Waals surface area (Å²) in [4.78, 5) is 32.9. The molecule has 30 heavy (non-hydrogen) atoms. The number of carbonyl (C=O) groups is 1. The summed E-state index contributed by atoms with van der Waals surface area (Å²) >= 11 is 7.63. The predicted molar refractivity (Wildman–Crippen MR) is 118 cm³/mol. The largest absolute Gasteiger partial charge is 0.340 e. The Bertz CT molecular complexity index is 1190. The number of amides is 1. The van der Waals surface area contributed by atoms with Gasteiger partial charge in [0.25, 0.3) is 5.56 Å². The minimum Gasteiger partial charge on any atom is -0.340 e. The van der Waals surface area contributed by atoms with E-state index in [0.29, 0.717) is 33.4 Å². The second-order valence-corrected chi connectivity index (χ2v) is 9.37. The smallest absolute Gasteiger partial charge is 0.265 e. The second kappa shape index (κ2) is 7.74. The van der Waals surface area contributed by atoms with Gasteiger partial charge < -0.3 is 4.90 Å². The number of halogens is 1. The maximum Gasteiger partial charge on any atom is 0.265 e. The van der Waals surface area contributed by atoms with Crippen molar-refractivity contribution >= 4 is 40.3 Å². The van der Waals surface area contributed by atoms with E-state index in [4.69, 9.17) is 16.6 Å². The Balaban J connectivity index is 1.49. The van der Waals surface area contributed by atoms with Crippen LogP contribution in [0.4, 0.5) is 0 Å². The van der Waals surface area contributed by atoms with E-state index in [0.717, 1.165) is 25.1 Å². The van der Waals surface area contributed by atoms with Crippen molar-refractivity contribution < 1.29 is 4.79 Å². The van der Waals surface area contributed by atoms with Crippen LogP contribution in [0.25, 0.3) is 16.7 Å². The summed E-state index contributed by atoms with van der Waals surface area (Å²) in [6.45, 7) is 2.92. The molecule has 0 bridgehead atoms. The van der Waals surface area contributed by atoms with Gasteiger partial charge in [-0.1, -0.05) is 29.4 Å². The van der Waals surface area contributed by atoms with Gasteiger partial charge in [0.2, 0.25) is 5.91 Å². The van der Waals surface area contributed by atoms with Gasteiger partial charge >= 0.3 is 0 Å². The summed E-state index contributed by atoms with van der Waals surface area (Å²) in [6.07, 6.45) is 5.15. The lowest BCUT2D eigenvalue weighted by Crippen LogP contribution is -2.43. The molecular formula is C21H22ClN5O2S. The average molecular weight is 444 g/mol. The minimum atomic E-state index is -0.175. The Kier molecular flexibility index (Phi) is 5.06. The number of piperidine rings is 1. The van der Waals surface area contributed by atoms with Gasteiger partial charge in [-0.05, 0) is 44.4 Å². The Hall–Kier alpha value is -2.32. The van der Waals surface area contributed by atoms with Crippen molar-refractivity contribution in [3.05, 3.63) is 45.8 Å². The third-order valence-corrected chi connectivity index (χ3v) is 7.29. The van der Waals surface area contributed by atoms with Gasteiger partial charge in [0, 0.05) is 29.8 Å². The molecule has 1 amide bonds. The molecule has 1 aromatic carbocycles. The van der Waals surface area contributed by atoms with Gasteiger partial charge in [-0.25, -0.2) is 9.67 Å². The maximum atomic E-state index is 13.3. The van der Waals surface area contributed by atoms with Crippen LogP contribution in [0.2, 0.25) is 5.02 Å². The summed E-state index contributed by atoms with van der Waals surface area (Å²) < 4.78 is 3.32. The van der Waals surface area contributed by atoms with E-state index in [1.807, 2.05) is 17.0 Å². The quantitative estimate of drug-likeness (QED) is 0.577. The fourth-order valence-electron chi connectivity index (χ4n) is 4.37. The number of hydrogen-bond acceptors (Lipinski definition) is 5. The van der Waals surface area contributed by atoms with Crippen LogP contribution >= 0.6 is 23.4 Å². The Morgan fingerprint density at radius 3 is 3.00 bits per heavy atom. The fraction of sp³-hybridized carbons (Fsp3) is 0.429. The summed E-state index contributed by atoms with van der Waals surface area (Å²) in [7, 11) is 0. The third kappa shape index (κ3) is 3.32. The molecule has 0 aliphatic carbocycles. The average Bonchev–Trinajstić information content (AvgIpc) is 3.33. The zero-order valence-corrected chi connectivity index (χ0v) is 18.2. The molecule has 5 rings (SSSR count). The number of likely N-dealkylation sites (tertiary alicyclic amines) is 1. The highest BCUT2D eigenvalue weighted by Gasteiger charge is 2.32. The first kappa shape index (κ1) is 19.6. The van der Waals surface area contributed by atoms with Crippen LogP contribution in [0.15, 0.2) is 40.4 Å². The topological polar surface area (TPSA) is 73.0 Å². The summed E-state index contributed by atoms with van der Waals surface area (Å²) in [5, 5.41) is 6.06. The number of aromatic nitrogens is 4. The van der Waals surface area contributed by atoms with Crippen LogP contribution < -0.4 is 5.56 Å². The normalized spacial score (nSPS) is 21.2. The second-order valence-electron chi connectivity index (χ2n) is 7.94. The summed E-state index contributed by atoms with van der Waals surface area (Å²) in [5.74, 6) is 0.801. The third-order valence-electron chi connectivity index (χ3n) is 5.96. The Morgan fingerprint density at radius 2 is 2.20 bits per heavy atom. The molecule has 2 atom stereocenters. The Morgan fingerprint density at radius 1 is 1.33 bits per heavy atom. The maximum absolute atomic E-state index is 13.3. The van der Waals surface area contributed by atoms with Crippen LogP contribution in [0, 0.1) is 0 Å². The van der Waals surface area contributed by atoms with E-state index in [1.165, 1.54) is 18.2 Å². The fourth-order valence-corrected chi connectivity index (χ4v) is 5.68. The lowest BCUT2D eigenvalue weighted by Gasteiger charge is -2.34. The SMILES string of the molecule is CC1CCCCN1C(=O)CC1CSc2nc3c(cnn3-c3cccc(Cl)c3)c(=O)n21. The molecule has 1 fully saturated rings. The van der Waals surface area contributed by atoms with Crippen molar-refractivity contribution in [2.45, 2.75) is 49.8 Å². The molecule has 0 saturated carbocycles. The summed E-state index contributed by atoms with van der Waals surface area (Å²) in [6, 6.07) is 7.38. The Labute approximate surface area is 183 Å². The minimum absolute atomic E-state index is 0.127. The molecule has 2 aliphatic rings. The van der Waals surface area contributed by atoms with Gasteiger partial charge in [-0.3, -0.25) is 14.2 Å². The number of thioether (sulfide) groups is 1. The summed E-state index contributed by atoms with van der Waals surface area (Å²) in [5.41, 5.74) is 1.12. The molecule has 0 spiro atoms. The van der Waals surface area contributed by atoms with Gasteiger partial charge in [-0.15, -0.1) is 0 Å². The predicted octanol–water partition coefficient (Wildman–Crippen LogP) is 3.67. The molecular weight excluding hydrogens is 422 g/mol. The van der Waals surface area contributed by atoms with E-state index < -0.39 is 0 Å². The van der Waals surface area contributed by atoms with E-state index in [9.17, 15) is 9.59 Å². The first-order valence-corrected chi connectivity index (χ1v) is 11.6. The van der Waals surface area contributed by atoms with Crippen molar-refractivity contribution in [3.63, 3.8) is 0 Å². The standard InChI is InChI=1S/C21H22ClN5O2S/c1-13-5-2-3-8-25(13)18(28)10-16-12-30-21-24-19-17(20(29)26(16)21)11-23-27(19)15-7-4-6-14(22)9-15/h4,6-7,9,11,13,16H,2-3,5,8,10,12H2,1H3. The van der Waals surface area contributed by atoms with Crippen molar-refractivity contribution in [1.29, 1.82) is 0 Å². The number of carbonyl (C=O) groups excluding carboxylic acids is 1. The van der Waals surface area contributed by atoms with E-state index >= 15 is 0 Å².